The lowest BCUT2D eigenvalue weighted by Gasteiger charge is -2.17. The molecule has 0 aliphatic heterocycles. The van der Waals surface area contributed by atoms with Crippen molar-refractivity contribution in [2.45, 2.75) is 25.4 Å². The molecule has 5 nitrogen and oxygen atoms in total. The Kier molecular flexibility index (Phi) is 2.81. The molecule has 3 rings (SSSR count). The number of rotatable bonds is 4. The molecule has 2 aromatic heterocycles. The second-order valence-corrected chi connectivity index (χ2v) is 5.09. The van der Waals surface area contributed by atoms with Crippen LogP contribution in [0.4, 0.5) is 5.69 Å². The van der Waals surface area contributed by atoms with E-state index in [2.05, 4.69) is 0 Å². The Morgan fingerprint density at radius 1 is 1.58 bits per heavy atom. The molecule has 1 saturated carbocycles. The van der Waals surface area contributed by atoms with Gasteiger partial charge in [0.05, 0.1) is 18.2 Å². The van der Waals surface area contributed by atoms with Crippen LogP contribution >= 0.6 is 0 Å². The van der Waals surface area contributed by atoms with Crippen molar-refractivity contribution >= 4 is 11.6 Å². The molecule has 5 heteroatoms. The highest BCUT2D eigenvalue weighted by Crippen LogP contribution is 2.37. The van der Waals surface area contributed by atoms with Gasteiger partial charge in [-0.3, -0.25) is 4.79 Å². The summed E-state index contributed by atoms with van der Waals surface area (Å²) in [7, 11) is 1.79. The number of anilines is 1. The van der Waals surface area contributed by atoms with Gasteiger partial charge in [0.25, 0.3) is 5.91 Å². The quantitative estimate of drug-likeness (QED) is 0.916. The van der Waals surface area contributed by atoms with Crippen LogP contribution in [0, 0.1) is 0 Å². The van der Waals surface area contributed by atoms with Gasteiger partial charge in [-0.2, -0.15) is 0 Å². The van der Waals surface area contributed by atoms with Crippen molar-refractivity contribution in [3.63, 3.8) is 0 Å². The number of hydrogen-bond donors (Lipinski definition) is 1. The summed E-state index contributed by atoms with van der Waals surface area (Å²) in [5, 5.41) is 0. The highest BCUT2D eigenvalue weighted by atomic mass is 16.3. The van der Waals surface area contributed by atoms with E-state index in [1.54, 1.807) is 30.5 Å². The van der Waals surface area contributed by atoms with Gasteiger partial charge >= 0.3 is 0 Å². The highest BCUT2D eigenvalue weighted by molar-refractivity contribution is 5.93. The fraction of sp³-hybridized carbons (Fsp3) is 0.357. The molecule has 2 N–H and O–H groups in total. The largest absolute Gasteiger partial charge is 0.472 e. The number of hydrogen-bond acceptors (Lipinski definition) is 3. The molecule has 0 spiro atoms. The summed E-state index contributed by atoms with van der Waals surface area (Å²) in [5.41, 5.74) is 8.11. The summed E-state index contributed by atoms with van der Waals surface area (Å²) < 4.78 is 7.02. The third kappa shape index (κ3) is 2.36. The van der Waals surface area contributed by atoms with Gasteiger partial charge in [-0.1, -0.05) is 0 Å². The molecule has 0 aromatic carbocycles. The normalized spacial score (nSPS) is 14.6. The Morgan fingerprint density at radius 3 is 3.00 bits per heavy atom. The lowest BCUT2D eigenvalue weighted by Crippen LogP contribution is -2.27. The van der Waals surface area contributed by atoms with E-state index in [9.17, 15) is 4.79 Å². The molecule has 1 fully saturated rings. The summed E-state index contributed by atoms with van der Waals surface area (Å²) in [4.78, 5) is 14.1. The SMILES string of the molecule is CN(Cc1ccoc1)C(=O)c1cc(N)cn1C1CC1. The fourth-order valence-corrected chi connectivity index (χ4v) is 2.25. The first-order valence-corrected chi connectivity index (χ1v) is 6.39. The van der Waals surface area contributed by atoms with E-state index < -0.39 is 0 Å². The van der Waals surface area contributed by atoms with E-state index in [0.29, 0.717) is 24.0 Å². The molecule has 0 saturated heterocycles. The maximum Gasteiger partial charge on any atom is 0.270 e. The average molecular weight is 259 g/mol. The second kappa shape index (κ2) is 4.50. The predicted octanol–water partition coefficient (Wildman–Crippen LogP) is 2.27. The fourth-order valence-electron chi connectivity index (χ4n) is 2.25. The van der Waals surface area contributed by atoms with E-state index in [0.717, 1.165) is 18.4 Å². The Labute approximate surface area is 111 Å². The Balaban J connectivity index is 1.79. The summed E-state index contributed by atoms with van der Waals surface area (Å²) in [6, 6.07) is 4.06. The minimum atomic E-state index is -0.00944. The smallest absolute Gasteiger partial charge is 0.270 e. The molecule has 0 bridgehead atoms. The van der Waals surface area contributed by atoms with E-state index in [4.69, 9.17) is 10.2 Å². The molecule has 1 aliphatic rings. The molecule has 0 atom stereocenters. The van der Waals surface area contributed by atoms with Gasteiger partial charge in [0.15, 0.2) is 0 Å². The van der Waals surface area contributed by atoms with Gasteiger partial charge in [0, 0.05) is 31.4 Å². The molecule has 1 aliphatic carbocycles. The van der Waals surface area contributed by atoms with Crippen molar-refractivity contribution in [2.24, 2.45) is 0 Å². The van der Waals surface area contributed by atoms with E-state index in [1.807, 2.05) is 16.8 Å². The highest BCUT2D eigenvalue weighted by Gasteiger charge is 2.28. The zero-order chi connectivity index (χ0) is 13.4. The maximum absolute atomic E-state index is 12.5. The van der Waals surface area contributed by atoms with E-state index in [1.165, 1.54) is 0 Å². The Hall–Kier alpha value is -2.17. The summed E-state index contributed by atoms with van der Waals surface area (Å²) in [6.07, 6.45) is 7.37. The van der Waals surface area contributed by atoms with Crippen LogP contribution in [-0.2, 0) is 6.54 Å². The molecular formula is C14H17N3O2. The minimum absolute atomic E-state index is 0.00944. The van der Waals surface area contributed by atoms with Crippen LogP contribution in [0.3, 0.4) is 0 Å². The van der Waals surface area contributed by atoms with Gasteiger partial charge in [-0.05, 0) is 25.0 Å². The van der Waals surface area contributed by atoms with Crippen molar-refractivity contribution in [2.75, 3.05) is 12.8 Å². The summed E-state index contributed by atoms with van der Waals surface area (Å²) in [6.45, 7) is 0.533. The number of nitrogen functional groups attached to an aromatic ring is 1. The molecule has 0 radical (unpaired) electrons. The third-order valence-corrected chi connectivity index (χ3v) is 3.38. The molecule has 2 heterocycles. The third-order valence-electron chi connectivity index (χ3n) is 3.38. The van der Waals surface area contributed by atoms with Gasteiger partial charge < -0.3 is 19.6 Å². The lowest BCUT2D eigenvalue weighted by molar-refractivity contribution is 0.0774. The number of nitrogens with two attached hydrogens (primary N) is 1. The number of amides is 1. The average Bonchev–Trinajstić information content (AvgIpc) is 2.97. The van der Waals surface area contributed by atoms with Crippen molar-refractivity contribution in [1.82, 2.24) is 9.47 Å². The van der Waals surface area contributed by atoms with Gasteiger partial charge in [0.1, 0.15) is 5.69 Å². The first-order chi connectivity index (χ1) is 9.15. The van der Waals surface area contributed by atoms with E-state index in [-0.39, 0.29) is 5.91 Å². The summed E-state index contributed by atoms with van der Waals surface area (Å²) >= 11 is 0. The van der Waals surface area contributed by atoms with Crippen LogP contribution in [0.1, 0.15) is 34.9 Å². The topological polar surface area (TPSA) is 64.4 Å². The zero-order valence-corrected chi connectivity index (χ0v) is 10.9. The van der Waals surface area contributed by atoms with Crippen LogP contribution in [0.25, 0.3) is 0 Å². The molecule has 100 valence electrons. The van der Waals surface area contributed by atoms with Crippen LogP contribution in [0.2, 0.25) is 0 Å². The van der Waals surface area contributed by atoms with Crippen LogP contribution < -0.4 is 5.73 Å². The number of furan rings is 1. The van der Waals surface area contributed by atoms with E-state index >= 15 is 0 Å². The van der Waals surface area contributed by atoms with Crippen molar-refractivity contribution in [3.8, 4) is 0 Å². The molecule has 2 aromatic rings. The Morgan fingerprint density at radius 2 is 2.37 bits per heavy atom. The van der Waals surface area contributed by atoms with Gasteiger partial charge in [0.2, 0.25) is 0 Å². The van der Waals surface area contributed by atoms with Gasteiger partial charge in [-0.15, -0.1) is 0 Å². The zero-order valence-electron chi connectivity index (χ0n) is 10.9. The molecule has 19 heavy (non-hydrogen) atoms. The summed E-state index contributed by atoms with van der Waals surface area (Å²) in [5.74, 6) is -0.00944. The number of aromatic nitrogens is 1. The first-order valence-electron chi connectivity index (χ1n) is 6.39. The van der Waals surface area contributed by atoms with Crippen molar-refractivity contribution in [1.29, 1.82) is 0 Å². The number of nitrogens with zero attached hydrogens (tertiary/aromatic N) is 2. The number of carbonyl (C=O) groups is 1. The molecular weight excluding hydrogens is 242 g/mol. The standard InChI is InChI=1S/C14H17N3O2/c1-16(7-10-4-5-19-9-10)14(18)13-6-11(15)8-17(13)12-2-3-12/h4-6,8-9,12H,2-3,7,15H2,1H3. The first kappa shape index (κ1) is 11.9. The molecule has 1 amide bonds. The monoisotopic (exact) mass is 259 g/mol. The number of carbonyl (C=O) groups excluding carboxylic acids is 1. The van der Waals surface area contributed by atoms with Crippen LogP contribution in [0.5, 0.6) is 0 Å². The minimum Gasteiger partial charge on any atom is -0.472 e. The van der Waals surface area contributed by atoms with Crippen LogP contribution in [-0.4, -0.2) is 22.4 Å². The predicted molar refractivity (Wildman–Crippen MR) is 71.6 cm³/mol. The lowest BCUT2D eigenvalue weighted by atomic mass is 10.3. The van der Waals surface area contributed by atoms with Crippen LogP contribution in [0.15, 0.2) is 35.3 Å². The van der Waals surface area contributed by atoms with Gasteiger partial charge in [-0.25, -0.2) is 0 Å². The molecule has 0 unspecified atom stereocenters. The van der Waals surface area contributed by atoms with Crippen molar-refractivity contribution < 1.29 is 9.21 Å². The maximum atomic E-state index is 12.5. The second-order valence-electron chi connectivity index (χ2n) is 5.09. The Bertz CT molecular complexity index is 582. The van der Waals surface area contributed by atoms with Crippen molar-refractivity contribution in [3.05, 3.63) is 42.1 Å².